The highest BCUT2D eigenvalue weighted by molar-refractivity contribution is 7.22. The second-order valence-corrected chi connectivity index (χ2v) is 8.61. The van der Waals surface area contributed by atoms with E-state index < -0.39 is 0 Å². The van der Waals surface area contributed by atoms with Gasteiger partial charge in [0, 0.05) is 44.8 Å². The Morgan fingerprint density at radius 3 is 2.59 bits per heavy atom. The zero-order valence-electron chi connectivity index (χ0n) is 17.1. The molecule has 1 aliphatic rings. The van der Waals surface area contributed by atoms with Gasteiger partial charge < -0.3 is 10.2 Å². The number of carbonyl (C=O) groups is 1. The number of piperazine rings is 1. The van der Waals surface area contributed by atoms with Gasteiger partial charge in [0.15, 0.2) is 5.13 Å². The van der Waals surface area contributed by atoms with Crippen molar-refractivity contribution in [3.05, 3.63) is 59.2 Å². The molecule has 1 aromatic heterocycles. The van der Waals surface area contributed by atoms with Crippen LogP contribution in [-0.4, -0.2) is 55.1 Å². The van der Waals surface area contributed by atoms with Gasteiger partial charge in [-0.05, 0) is 43.2 Å². The molecule has 0 bridgehead atoms. The van der Waals surface area contributed by atoms with E-state index in [1.54, 1.807) is 11.3 Å². The van der Waals surface area contributed by atoms with Crippen LogP contribution < -0.4 is 10.2 Å². The summed E-state index contributed by atoms with van der Waals surface area (Å²) in [5.41, 5.74) is 4.36. The molecule has 1 amide bonds. The second kappa shape index (κ2) is 8.93. The van der Waals surface area contributed by atoms with Gasteiger partial charge in [-0.3, -0.25) is 9.69 Å². The van der Waals surface area contributed by atoms with Gasteiger partial charge in [-0.1, -0.05) is 42.0 Å². The SMILES string of the molecule is CCc1ccc2nc(N3CCN(CCNC(=O)c4ccc(C)cc4)CC3)sc2c1. The topological polar surface area (TPSA) is 48.5 Å². The average molecular weight is 409 g/mol. The normalized spacial score (nSPS) is 15.0. The van der Waals surface area contributed by atoms with E-state index in [-0.39, 0.29) is 5.91 Å². The highest BCUT2D eigenvalue weighted by Crippen LogP contribution is 2.30. The van der Waals surface area contributed by atoms with E-state index in [2.05, 4.69) is 40.2 Å². The number of carbonyl (C=O) groups excluding carboxylic acids is 1. The monoisotopic (exact) mass is 408 g/mol. The van der Waals surface area contributed by atoms with Crippen molar-refractivity contribution >= 4 is 32.6 Å². The van der Waals surface area contributed by atoms with Crippen molar-refractivity contribution < 1.29 is 4.79 Å². The summed E-state index contributed by atoms with van der Waals surface area (Å²) in [6.45, 7) is 9.72. The number of nitrogens with one attached hydrogen (secondary N) is 1. The third-order valence-electron chi connectivity index (χ3n) is 5.52. The minimum Gasteiger partial charge on any atom is -0.351 e. The van der Waals surface area contributed by atoms with Crippen LogP contribution in [0.1, 0.15) is 28.4 Å². The van der Waals surface area contributed by atoms with Crippen molar-refractivity contribution in [3.8, 4) is 0 Å². The first-order valence-corrected chi connectivity index (χ1v) is 11.2. The molecule has 1 saturated heterocycles. The zero-order valence-corrected chi connectivity index (χ0v) is 18.0. The summed E-state index contributed by atoms with van der Waals surface area (Å²) in [6.07, 6.45) is 1.06. The fourth-order valence-corrected chi connectivity index (χ4v) is 4.69. The summed E-state index contributed by atoms with van der Waals surface area (Å²) in [5.74, 6) is 0.00422. The van der Waals surface area contributed by atoms with Crippen molar-refractivity contribution in [2.24, 2.45) is 0 Å². The zero-order chi connectivity index (χ0) is 20.2. The van der Waals surface area contributed by atoms with Crippen LogP contribution in [0.25, 0.3) is 10.2 Å². The molecule has 1 fully saturated rings. The van der Waals surface area contributed by atoms with Crippen LogP contribution in [0.2, 0.25) is 0 Å². The van der Waals surface area contributed by atoms with Crippen LogP contribution in [0.15, 0.2) is 42.5 Å². The summed E-state index contributed by atoms with van der Waals surface area (Å²) >= 11 is 1.79. The van der Waals surface area contributed by atoms with Crippen LogP contribution >= 0.6 is 11.3 Å². The summed E-state index contributed by atoms with van der Waals surface area (Å²) in [4.78, 5) is 21.8. The number of amides is 1. The predicted octanol–water partition coefficient (Wildman–Crippen LogP) is 3.72. The van der Waals surface area contributed by atoms with Gasteiger partial charge in [-0.15, -0.1) is 0 Å². The van der Waals surface area contributed by atoms with E-state index in [9.17, 15) is 4.79 Å². The largest absolute Gasteiger partial charge is 0.351 e. The number of nitrogens with zero attached hydrogens (tertiary/aromatic N) is 3. The molecule has 2 aromatic carbocycles. The number of aryl methyl sites for hydroxylation is 2. The van der Waals surface area contributed by atoms with Gasteiger partial charge in [0.25, 0.3) is 5.91 Å². The lowest BCUT2D eigenvalue weighted by molar-refractivity contribution is 0.0948. The molecule has 3 aromatic rings. The Bertz CT molecular complexity index is 974. The van der Waals surface area contributed by atoms with Gasteiger partial charge >= 0.3 is 0 Å². The molecule has 1 aliphatic heterocycles. The lowest BCUT2D eigenvalue weighted by Gasteiger charge is -2.34. The van der Waals surface area contributed by atoms with Crippen molar-refractivity contribution in [1.29, 1.82) is 0 Å². The second-order valence-electron chi connectivity index (χ2n) is 7.60. The molecule has 2 heterocycles. The molecule has 0 radical (unpaired) electrons. The van der Waals surface area contributed by atoms with E-state index in [4.69, 9.17) is 4.98 Å². The maximum Gasteiger partial charge on any atom is 0.251 e. The number of rotatable bonds is 6. The average Bonchev–Trinajstić information content (AvgIpc) is 3.18. The molecule has 29 heavy (non-hydrogen) atoms. The molecule has 152 valence electrons. The quantitative estimate of drug-likeness (QED) is 0.675. The Labute approximate surface area is 176 Å². The maximum atomic E-state index is 12.2. The number of aromatic nitrogens is 1. The smallest absolute Gasteiger partial charge is 0.251 e. The molecule has 0 spiro atoms. The number of hydrogen-bond donors (Lipinski definition) is 1. The molecular formula is C23H28N4OS. The fourth-order valence-electron chi connectivity index (χ4n) is 3.61. The van der Waals surface area contributed by atoms with Crippen molar-refractivity contribution in [2.75, 3.05) is 44.2 Å². The van der Waals surface area contributed by atoms with Gasteiger partial charge in [0.05, 0.1) is 10.2 Å². The van der Waals surface area contributed by atoms with Crippen LogP contribution in [0.3, 0.4) is 0 Å². The van der Waals surface area contributed by atoms with Crippen LogP contribution in [0, 0.1) is 6.92 Å². The summed E-state index contributed by atoms with van der Waals surface area (Å²) in [7, 11) is 0. The molecule has 0 unspecified atom stereocenters. The first-order valence-electron chi connectivity index (χ1n) is 10.3. The predicted molar refractivity (Wildman–Crippen MR) is 121 cm³/mol. The van der Waals surface area contributed by atoms with E-state index in [1.165, 1.54) is 15.8 Å². The summed E-state index contributed by atoms with van der Waals surface area (Å²) < 4.78 is 1.28. The molecule has 0 atom stereocenters. The molecule has 4 rings (SSSR count). The Morgan fingerprint density at radius 1 is 1.10 bits per heavy atom. The molecular weight excluding hydrogens is 380 g/mol. The standard InChI is InChI=1S/C23H28N4OS/c1-3-18-6-9-20-21(16-18)29-23(25-20)27-14-12-26(13-15-27)11-10-24-22(28)19-7-4-17(2)5-8-19/h4-9,16H,3,10-15H2,1-2H3,(H,24,28). The third kappa shape index (κ3) is 4.77. The Morgan fingerprint density at radius 2 is 1.86 bits per heavy atom. The van der Waals surface area contributed by atoms with Crippen LogP contribution in [-0.2, 0) is 6.42 Å². The number of anilines is 1. The number of benzene rings is 2. The molecule has 6 heteroatoms. The first kappa shape index (κ1) is 19.9. The van der Waals surface area contributed by atoms with E-state index >= 15 is 0 Å². The highest BCUT2D eigenvalue weighted by Gasteiger charge is 2.20. The summed E-state index contributed by atoms with van der Waals surface area (Å²) in [5, 5.41) is 4.16. The third-order valence-corrected chi connectivity index (χ3v) is 6.60. The lowest BCUT2D eigenvalue weighted by atomic mass is 10.1. The minimum atomic E-state index is 0.00422. The minimum absolute atomic E-state index is 0.00422. The Balaban J connectivity index is 1.25. The number of thiazole rings is 1. The van der Waals surface area contributed by atoms with Gasteiger partial charge in [-0.2, -0.15) is 0 Å². The van der Waals surface area contributed by atoms with Crippen LogP contribution in [0.4, 0.5) is 5.13 Å². The van der Waals surface area contributed by atoms with Crippen molar-refractivity contribution in [2.45, 2.75) is 20.3 Å². The number of hydrogen-bond acceptors (Lipinski definition) is 5. The van der Waals surface area contributed by atoms with Crippen molar-refractivity contribution in [1.82, 2.24) is 15.2 Å². The summed E-state index contributed by atoms with van der Waals surface area (Å²) in [6, 6.07) is 14.3. The fraction of sp³-hybridized carbons (Fsp3) is 0.391. The van der Waals surface area contributed by atoms with Crippen LogP contribution in [0.5, 0.6) is 0 Å². The molecule has 1 N–H and O–H groups in total. The van der Waals surface area contributed by atoms with E-state index in [0.29, 0.717) is 6.54 Å². The highest BCUT2D eigenvalue weighted by atomic mass is 32.1. The molecule has 0 saturated carbocycles. The van der Waals surface area contributed by atoms with E-state index in [0.717, 1.165) is 55.4 Å². The van der Waals surface area contributed by atoms with Crippen molar-refractivity contribution in [3.63, 3.8) is 0 Å². The van der Waals surface area contributed by atoms with E-state index in [1.807, 2.05) is 31.2 Å². The maximum absolute atomic E-state index is 12.2. The van der Waals surface area contributed by atoms with Gasteiger partial charge in [0.2, 0.25) is 0 Å². The Hall–Kier alpha value is -2.44. The van der Waals surface area contributed by atoms with Gasteiger partial charge in [-0.25, -0.2) is 4.98 Å². The van der Waals surface area contributed by atoms with Gasteiger partial charge in [0.1, 0.15) is 0 Å². The molecule has 0 aliphatic carbocycles. The lowest BCUT2D eigenvalue weighted by Crippen LogP contribution is -2.48. The molecule has 5 nitrogen and oxygen atoms in total. The first-order chi connectivity index (χ1) is 14.1. The number of fused-ring (bicyclic) bond motifs is 1. The Kier molecular flexibility index (Phi) is 6.11.